The summed E-state index contributed by atoms with van der Waals surface area (Å²) in [6.07, 6.45) is -1.57. The topological polar surface area (TPSA) is 122 Å². The van der Waals surface area contributed by atoms with Crippen LogP contribution < -0.4 is 9.62 Å². The molecular formula is C16H23F3N4O5S. The van der Waals surface area contributed by atoms with Crippen molar-refractivity contribution in [1.29, 1.82) is 0 Å². The van der Waals surface area contributed by atoms with Gasteiger partial charge in [0.1, 0.15) is 0 Å². The van der Waals surface area contributed by atoms with Crippen LogP contribution in [0.5, 0.6) is 0 Å². The molecule has 0 aromatic carbocycles. The second kappa shape index (κ2) is 8.79. The summed E-state index contributed by atoms with van der Waals surface area (Å²) >= 11 is 0. The fourth-order valence-corrected chi connectivity index (χ4v) is 4.12. The summed E-state index contributed by atoms with van der Waals surface area (Å²) in [7, 11) is -3.18. The van der Waals surface area contributed by atoms with Crippen LogP contribution in [-0.4, -0.2) is 73.5 Å². The molecule has 1 aromatic heterocycles. The van der Waals surface area contributed by atoms with Crippen molar-refractivity contribution in [3.8, 4) is 0 Å². The lowest BCUT2D eigenvalue weighted by Crippen LogP contribution is -2.49. The van der Waals surface area contributed by atoms with Gasteiger partial charge in [0, 0.05) is 25.7 Å². The number of aromatic nitrogens is 2. The zero-order chi connectivity index (χ0) is 21.9. The molecule has 1 spiro atoms. The number of nitrogens with one attached hydrogen (secondary N) is 1. The van der Waals surface area contributed by atoms with Crippen LogP contribution in [0.3, 0.4) is 0 Å². The summed E-state index contributed by atoms with van der Waals surface area (Å²) in [6, 6.07) is 3.87. The third kappa shape index (κ3) is 7.08. The molecule has 2 atom stereocenters. The Labute approximate surface area is 166 Å². The Morgan fingerprint density at radius 2 is 2.03 bits per heavy atom. The molecule has 0 radical (unpaired) electrons. The maximum atomic E-state index is 11.4. The molecule has 0 aliphatic carbocycles. The SMILES string of the molecule is Cc1ccc(N2CC[C@@]3(C[C@@H](NS(C)(=O)=O)CCO3)C2)nn1.O=C(O)C(F)(F)F. The molecule has 2 aliphatic rings. The summed E-state index contributed by atoms with van der Waals surface area (Å²) in [5.41, 5.74) is 0.608. The van der Waals surface area contributed by atoms with Crippen molar-refractivity contribution >= 4 is 21.8 Å². The van der Waals surface area contributed by atoms with E-state index in [1.54, 1.807) is 0 Å². The normalized spacial score (nSPS) is 24.9. The molecular weight excluding hydrogens is 417 g/mol. The van der Waals surface area contributed by atoms with Crippen molar-refractivity contribution in [3.63, 3.8) is 0 Å². The fourth-order valence-electron chi connectivity index (χ4n) is 3.32. The van der Waals surface area contributed by atoms with Crippen molar-refractivity contribution in [2.45, 2.75) is 44.0 Å². The molecule has 0 amide bonds. The second-order valence-electron chi connectivity index (χ2n) is 7.12. The first-order valence-corrected chi connectivity index (χ1v) is 10.7. The predicted octanol–water partition coefficient (Wildman–Crippen LogP) is 1.10. The number of hydrogen-bond acceptors (Lipinski definition) is 7. The number of aryl methyl sites for hydroxylation is 1. The molecule has 29 heavy (non-hydrogen) atoms. The quantitative estimate of drug-likeness (QED) is 0.717. The van der Waals surface area contributed by atoms with Crippen molar-refractivity contribution in [2.24, 2.45) is 0 Å². The Balaban J connectivity index is 0.000000370. The van der Waals surface area contributed by atoms with Crippen LogP contribution in [0, 0.1) is 6.92 Å². The minimum absolute atomic E-state index is 0.0483. The van der Waals surface area contributed by atoms with Crippen LogP contribution in [0.25, 0.3) is 0 Å². The van der Waals surface area contributed by atoms with Crippen LogP contribution in [0.15, 0.2) is 12.1 Å². The number of hydrogen-bond donors (Lipinski definition) is 2. The highest BCUT2D eigenvalue weighted by molar-refractivity contribution is 7.88. The van der Waals surface area contributed by atoms with E-state index in [0.717, 1.165) is 37.4 Å². The highest BCUT2D eigenvalue weighted by Gasteiger charge is 2.44. The van der Waals surface area contributed by atoms with E-state index in [0.29, 0.717) is 13.0 Å². The average molecular weight is 440 g/mol. The Hall–Kier alpha value is -1.99. The van der Waals surface area contributed by atoms with Gasteiger partial charge in [0.25, 0.3) is 0 Å². The predicted molar refractivity (Wildman–Crippen MR) is 97.0 cm³/mol. The van der Waals surface area contributed by atoms with Gasteiger partial charge in [-0.25, -0.2) is 17.9 Å². The largest absolute Gasteiger partial charge is 0.490 e. The minimum atomic E-state index is -5.08. The van der Waals surface area contributed by atoms with Crippen LogP contribution in [0.2, 0.25) is 0 Å². The van der Waals surface area contributed by atoms with Crippen molar-refractivity contribution in [2.75, 3.05) is 30.9 Å². The van der Waals surface area contributed by atoms with Gasteiger partial charge in [-0.15, -0.1) is 5.10 Å². The minimum Gasteiger partial charge on any atom is -0.475 e. The Bertz CT molecular complexity index is 819. The number of rotatable bonds is 3. The van der Waals surface area contributed by atoms with Crippen molar-refractivity contribution in [1.82, 2.24) is 14.9 Å². The summed E-state index contributed by atoms with van der Waals surface area (Å²) in [6.45, 7) is 4.07. The van der Waals surface area contributed by atoms with Crippen molar-refractivity contribution < 1.29 is 36.2 Å². The highest BCUT2D eigenvalue weighted by Crippen LogP contribution is 2.35. The van der Waals surface area contributed by atoms with Crippen LogP contribution in [0.1, 0.15) is 25.0 Å². The van der Waals surface area contributed by atoms with Gasteiger partial charge in [-0.2, -0.15) is 18.3 Å². The molecule has 3 heterocycles. The van der Waals surface area contributed by atoms with E-state index in [2.05, 4.69) is 19.8 Å². The summed E-state index contributed by atoms with van der Waals surface area (Å²) in [5.74, 6) is -1.91. The van der Waals surface area contributed by atoms with Gasteiger partial charge >= 0.3 is 12.1 Å². The van der Waals surface area contributed by atoms with Gasteiger partial charge in [0.15, 0.2) is 5.82 Å². The first kappa shape index (κ1) is 23.3. The molecule has 2 aliphatic heterocycles. The van der Waals surface area contributed by atoms with Gasteiger partial charge in [0.2, 0.25) is 10.0 Å². The zero-order valence-electron chi connectivity index (χ0n) is 15.9. The molecule has 0 saturated carbocycles. The molecule has 3 rings (SSSR count). The number of halogens is 3. The third-order valence-electron chi connectivity index (χ3n) is 4.54. The molecule has 2 N–H and O–H groups in total. The lowest BCUT2D eigenvalue weighted by Gasteiger charge is -2.38. The number of aliphatic carboxylic acids is 1. The van der Waals surface area contributed by atoms with E-state index in [-0.39, 0.29) is 11.6 Å². The number of carbonyl (C=O) groups is 1. The molecule has 0 bridgehead atoms. The Kier molecular flexibility index (Phi) is 7.06. The maximum Gasteiger partial charge on any atom is 0.490 e. The maximum absolute atomic E-state index is 11.4. The second-order valence-corrected chi connectivity index (χ2v) is 8.90. The van der Waals surface area contributed by atoms with E-state index in [1.807, 2.05) is 19.1 Å². The molecule has 164 valence electrons. The first-order valence-electron chi connectivity index (χ1n) is 8.76. The van der Waals surface area contributed by atoms with Crippen LogP contribution in [-0.2, 0) is 19.6 Å². The number of carboxylic acid groups (broad SMARTS) is 1. The van der Waals surface area contributed by atoms with Gasteiger partial charge in [-0.05, 0) is 38.3 Å². The fraction of sp³-hybridized carbons (Fsp3) is 0.688. The number of anilines is 1. The molecule has 0 unspecified atom stereocenters. The molecule has 13 heteroatoms. The van der Waals surface area contributed by atoms with Gasteiger partial charge in [-0.1, -0.05) is 0 Å². The number of alkyl halides is 3. The molecule has 2 fully saturated rings. The molecule has 2 saturated heterocycles. The molecule has 1 aromatic rings. The van der Waals surface area contributed by atoms with Crippen LogP contribution >= 0.6 is 0 Å². The van der Waals surface area contributed by atoms with Gasteiger partial charge in [-0.3, -0.25) is 0 Å². The van der Waals surface area contributed by atoms with E-state index >= 15 is 0 Å². The lowest BCUT2D eigenvalue weighted by molar-refractivity contribution is -0.192. The summed E-state index contributed by atoms with van der Waals surface area (Å²) in [4.78, 5) is 11.1. The van der Waals surface area contributed by atoms with E-state index in [1.165, 1.54) is 6.26 Å². The third-order valence-corrected chi connectivity index (χ3v) is 5.30. The Morgan fingerprint density at radius 3 is 2.55 bits per heavy atom. The monoisotopic (exact) mass is 440 g/mol. The van der Waals surface area contributed by atoms with E-state index in [9.17, 15) is 21.6 Å². The van der Waals surface area contributed by atoms with Gasteiger partial charge in [0.05, 0.1) is 17.6 Å². The number of carboxylic acids is 1. The summed E-state index contributed by atoms with van der Waals surface area (Å²) < 4.78 is 63.4. The van der Waals surface area contributed by atoms with E-state index < -0.39 is 22.2 Å². The smallest absolute Gasteiger partial charge is 0.475 e. The highest BCUT2D eigenvalue weighted by atomic mass is 32.2. The summed E-state index contributed by atoms with van der Waals surface area (Å²) in [5, 5.41) is 15.4. The number of sulfonamides is 1. The van der Waals surface area contributed by atoms with E-state index in [4.69, 9.17) is 14.6 Å². The standard InChI is InChI=1S/C14H22N4O3S.C2HF3O2/c1-11-3-4-13(16-15-11)18-7-6-14(10-18)9-12(5-8-21-14)17-22(2,19)20;3-2(4,5)1(6)7/h3-4,12,17H,5-10H2,1-2H3;(H,6,7)/t12-,14+;/m0./s1. The lowest BCUT2D eigenvalue weighted by atomic mass is 9.90. The average Bonchev–Trinajstić information content (AvgIpc) is 2.97. The molecule has 9 nitrogen and oxygen atoms in total. The number of ether oxygens (including phenoxy) is 1. The first-order chi connectivity index (χ1) is 13.3. The van der Waals surface area contributed by atoms with Crippen LogP contribution in [0.4, 0.5) is 19.0 Å². The Morgan fingerprint density at radius 1 is 1.38 bits per heavy atom. The number of nitrogens with zero attached hydrogens (tertiary/aromatic N) is 3. The zero-order valence-corrected chi connectivity index (χ0v) is 16.8. The van der Waals surface area contributed by atoms with Gasteiger partial charge < -0.3 is 14.7 Å². The van der Waals surface area contributed by atoms with Crippen molar-refractivity contribution in [3.05, 3.63) is 17.8 Å².